The number of nitrogens with zero attached hydrogens (tertiary/aromatic N) is 1. The summed E-state index contributed by atoms with van der Waals surface area (Å²) in [4.78, 5) is 4.36. The molecule has 4 heteroatoms. The highest BCUT2D eigenvalue weighted by Crippen LogP contribution is 1.99. The summed E-state index contributed by atoms with van der Waals surface area (Å²) in [7, 11) is 0. The van der Waals surface area contributed by atoms with Crippen LogP contribution in [0.3, 0.4) is 0 Å². The Bertz CT molecular complexity index is 177. The van der Waals surface area contributed by atoms with E-state index in [9.17, 15) is 0 Å². The minimum Gasteiger partial charge on any atom is -0.353 e. The lowest BCUT2D eigenvalue weighted by Crippen LogP contribution is -2.45. The molecule has 1 unspecified atom stereocenters. The second-order valence-electron chi connectivity index (χ2n) is 4.42. The predicted molar refractivity (Wildman–Crippen MR) is 66.6 cm³/mol. The maximum absolute atomic E-state index is 5.39. The quantitative estimate of drug-likeness (QED) is 0.272. The molecule has 0 bridgehead atoms. The fraction of sp³-hybridized carbons (Fsp3) is 0.909. The number of guanidine groups is 1. The third-order valence-corrected chi connectivity index (χ3v) is 2.13. The Labute approximate surface area is 93.7 Å². The van der Waals surface area contributed by atoms with Gasteiger partial charge in [0.2, 0.25) is 5.96 Å². The highest BCUT2D eigenvalue weighted by atomic mass is 15.3. The van der Waals surface area contributed by atoms with E-state index in [1.165, 1.54) is 12.8 Å². The summed E-state index contributed by atoms with van der Waals surface area (Å²) in [6.45, 7) is 9.42. The highest BCUT2D eigenvalue weighted by Gasteiger charge is 2.03. The molecule has 0 aromatic heterocycles. The van der Waals surface area contributed by atoms with Gasteiger partial charge in [-0.25, -0.2) is 5.84 Å². The van der Waals surface area contributed by atoms with Crippen LogP contribution in [0, 0.1) is 5.92 Å². The van der Waals surface area contributed by atoms with Crippen LogP contribution in [0.15, 0.2) is 4.99 Å². The van der Waals surface area contributed by atoms with Gasteiger partial charge < -0.3 is 5.32 Å². The molecular formula is C11H26N4. The molecule has 4 nitrogen and oxygen atoms in total. The van der Waals surface area contributed by atoms with Crippen LogP contribution in [-0.2, 0) is 0 Å². The fourth-order valence-corrected chi connectivity index (χ4v) is 1.22. The molecule has 0 aromatic carbocycles. The summed E-state index contributed by atoms with van der Waals surface area (Å²) < 4.78 is 0. The van der Waals surface area contributed by atoms with E-state index in [2.05, 4.69) is 43.4 Å². The van der Waals surface area contributed by atoms with Gasteiger partial charge in [-0.05, 0) is 19.3 Å². The van der Waals surface area contributed by atoms with Crippen molar-refractivity contribution >= 4 is 5.96 Å². The maximum Gasteiger partial charge on any atom is 0.205 e. The number of hydrogen-bond acceptors (Lipinski definition) is 2. The molecule has 0 saturated heterocycles. The van der Waals surface area contributed by atoms with Gasteiger partial charge in [-0.2, -0.15) is 0 Å². The maximum atomic E-state index is 5.39. The van der Waals surface area contributed by atoms with Crippen molar-refractivity contribution in [3.05, 3.63) is 0 Å². The summed E-state index contributed by atoms with van der Waals surface area (Å²) >= 11 is 0. The van der Waals surface area contributed by atoms with Crippen LogP contribution in [0.1, 0.15) is 47.0 Å². The molecule has 1 atom stereocenters. The molecule has 0 radical (unpaired) electrons. The minimum atomic E-state index is 0.423. The summed E-state index contributed by atoms with van der Waals surface area (Å²) in [5, 5.41) is 3.27. The average Bonchev–Trinajstić information content (AvgIpc) is 2.20. The molecule has 90 valence electrons. The van der Waals surface area contributed by atoms with Crippen molar-refractivity contribution in [3.63, 3.8) is 0 Å². The fourth-order valence-electron chi connectivity index (χ4n) is 1.22. The first-order chi connectivity index (χ1) is 7.10. The Kier molecular flexibility index (Phi) is 8.09. The molecule has 0 spiro atoms. The predicted octanol–water partition coefficient (Wildman–Crippen LogP) is 1.63. The number of nitrogens with one attached hydrogen (secondary N) is 2. The van der Waals surface area contributed by atoms with Gasteiger partial charge in [-0.15, -0.1) is 0 Å². The van der Waals surface area contributed by atoms with E-state index in [0.717, 1.165) is 13.0 Å². The first-order valence-electron chi connectivity index (χ1n) is 5.87. The van der Waals surface area contributed by atoms with Gasteiger partial charge in [0.1, 0.15) is 0 Å². The van der Waals surface area contributed by atoms with Crippen molar-refractivity contribution in [1.29, 1.82) is 0 Å². The normalized spacial score (nSPS) is 14.1. The van der Waals surface area contributed by atoms with E-state index in [-0.39, 0.29) is 0 Å². The zero-order valence-electron chi connectivity index (χ0n) is 10.5. The minimum absolute atomic E-state index is 0.423. The lowest BCUT2D eigenvalue weighted by Gasteiger charge is -2.16. The van der Waals surface area contributed by atoms with E-state index in [1.54, 1.807) is 0 Å². The first-order valence-corrected chi connectivity index (χ1v) is 5.87. The zero-order chi connectivity index (χ0) is 11.7. The monoisotopic (exact) mass is 214 g/mol. The smallest absolute Gasteiger partial charge is 0.205 e. The van der Waals surface area contributed by atoms with Gasteiger partial charge in [-0.1, -0.05) is 33.6 Å². The van der Waals surface area contributed by atoms with Gasteiger partial charge in [0, 0.05) is 12.6 Å². The number of hydrazine groups is 1. The van der Waals surface area contributed by atoms with E-state index in [4.69, 9.17) is 5.84 Å². The lowest BCUT2D eigenvalue weighted by molar-refractivity contribution is 0.558. The van der Waals surface area contributed by atoms with Crippen LogP contribution in [0.2, 0.25) is 0 Å². The molecule has 0 rings (SSSR count). The molecule has 0 heterocycles. The topological polar surface area (TPSA) is 62.4 Å². The van der Waals surface area contributed by atoms with Crippen LogP contribution < -0.4 is 16.6 Å². The third kappa shape index (κ3) is 8.24. The van der Waals surface area contributed by atoms with Crippen LogP contribution in [-0.4, -0.2) is 18.5 Å². The average molecular weight is 214 g/mol. The number of aliphatic imine (C=N–C) groups is 1. The van der Waals surface area contributed by atoms with Crippen molar-refractivity contribution in [2.24, 2.45) is 16.8 Å². The second-order valence-corrected chi connectivity index (χ2v) is 4.42. The van der Waals surface area contributed by atoms with Crippen LogP contribution in [0.5, 0.6) is 0 Å². The van der Waals surface area contributed by atoms with Gasteiger partial charge in [0.25, 0.3) is 0 Å². The molecule has 0 aliphatic heterocycles. The molecule has 0 saturated carbocycles. The summed E-state index contributed by atoms with van der Waals surface area (Å²) in [5.41, 5.74) is 2.60. The first kappa shape index (κ1) is 14.2. The van der Waals surface area contributed by atoms with Crippen LogP contribution >= 0.6 is 0 Å². The Morgan fingerprint density at radius 3 is 2.47 bits per heavy atom. The number of hydrogen-bond donors (Lipinski definition) is 3. The Morgan fingerprint density at radius 2 is 2.00 bits per heavy atom. The lowest BCUT2D eigenvalue weighted by atomic mass is 10.1. The molecule has 0 aromatic rings. The standard InChI is InChI=1S/C11H26N4/c1-5-6-7-10(4)14-11(15-12)13-8-9(2)3/h9-10H,5-8,12H2,1-4H3,(H2,13,14,15). The van der Waals surface area contributed by atoms with Gasteiger partial charge in [0.15, 0.2) is 0 Å². The van der Waals surface area contributed by atoms with Gasteiger partial charge >= 0.3 is 0 Å². The summed E-state index contributed by atoms with van der Waals surface area (Å²) in [6, 6.07) is 0.423. The molecule has 0 aliphatic rings. The molecule has 0 amide bonds. The third-order valence-electron chi connectivity index (χ3n) is 2.13. The van der Waals surface area contributed by atoms with Crippen molar-refractivity contribution < 1.29 is 0 Å². The zero-order valence-corrected chi connectivity index (χ0v) is 10.5. The van der Waals surface area contributed by atoms with Crippen molar-refractivity contribution in [2.45, 2.75) is 53.0 Å². The molecule has 15 heavy (non-hydrogen) atoms. The number of unbranched alkanes of at least 4 members (excludes halogenated alkanes) is 1. The Balaban J connectivity index is 3.91. The van der Waals surface area contributed by atoms with E-state index >= 15 is 0 Å². The van der Waals surface area contributed by atoms with Crippen LogP contribution in [0.4, 0.5) is 0 Å². The van der Waals surface area contributed by atoms with Gasteiger partial charge in [0.05, 0.1) is 0 Å². The summed E-state index contributed by atoms with van der Waals surface area (Å²) in [6.07, 6.45) is 3.61. The van der Waals surface area contributed by atoms with E-state index in [1.807, 2.05) is 0 Å². The van der Waals surface area contributed by atoms with Crippen LogP contribution in [0.25, 0.3) is 0 Å². The van der Waals surface area contributed by atoms with Crippen molar-refractivity contribution in [1.82, 2.24) is 10.7 Å². The highest BCUT2D eigenvalue weighted by molar-refractivity contribution is 5.79. The van der Waals surface area contributed by atoms with E-state index in [0.29, 0.717) is 17.9 Å². The largest absolute Gasteiger partial charge is 0.353 e. The van der Waals surface area contributed by atoms with Gasteiger partial charge in [-0.3, -0.25) is 10.4 Å². The molecular weight excluding hydrogens is 188 g/mol. The number of nitrogens with two attached hydrogens (primary N) is 1. The second kappa shape index (κ2) is 8.53. The SMILES string of the molecule is CCCCC(C)NC(=NCC(C)C)NN. The molecule has 0 aliphatic carbocycles. The Morgan fingerprint density at radius 1 is 1.33 bits per heavy atom. The molecule has 4 N–H and O–H groups in total. The van der Waals surface area contributed by atoms with Crippen molar-refractivity contribution in [3.8, 4) is 0 Å². The number of rotatable bonds is 6. The summed E-state index contributed by atoms with van der Waals surface area (Å²) in [5.74, 6) is 6.65. The van der Waals surface area contributed by atoms with Crippen molar-refractivity contribution in [2.75, 3.05) is 6.54 Å². The van der Waals surface area contributed by atoms with E-state index < -0.39 is 0 Å². The Hall–Kier alpha value is -0.770. The molecule has 0 fully saturated rings.